The van der Waals surface area contributed by atoms with Gasteiger partial charge >= 0.3 is 0 Å². The summed E-state index contributed by atoms with van der Waals surface area (Å²) in [6, 6.07) is 17.4. The van der Waals surface area contributed by atoms with Crippen molar-refractivity contribution in [2.24, 2.45) is 0 Å². The molecule has 1 aromatic heterocycles. The van der Waals surface area contributed by atoms with Crippen LogP contribution in [-0.2, 0) is 11.2 Å². The van der Waals surface area contributed by atoms with Crippen molar-refractivity contribution in [2.75, 3.05) is 5.32 Å². The number of carbonyl (C=O) groups is 1. The van der Waals surface area contributed by atoms with E-state index in [-0.39, 0.29) is 11.8 Å². The number of halogens is 1. The molecule has 4 rings (SSSR count). The van der Waals surface area contributed by atoms with Crippen molar-refractivity contribution in [3.63, 3.8) is 0 Å². The maximum Gasteiger partial charge on any atom is 0.232 e. The normalized spacial score (nSPS) is 16.1. The summed E-state index contributed by atoms with van der Waals surface area (Å²) in [5, 5.41) is 3.63. The largest absolute Gasteiger partial charge is 0.461 e. The summed E-state index contributed by atoms with van der Waals surface area (Å²) >= 11 is 6.22. The Hall–Kier alpha value is -2.52. The second kappa shape index (κ2) is 5.84. The number of anilines is 1. The molecule has 2 heterocycles. The van der Waals surface area contributed by atoms with Crippen LogP contribution in [0.4, 0.5) is 5.69 Å². The van der Waals surface area contributed by atoms with E-state index in [1.165, 1.54) is 0 Å². The molecule has 0 aliphatic carbocycles. The minimum Gasteiger partial charge on any atom is -0.461 e. The van der Waals surface area contributed by atoms with Crippen LogP contribution in [0.1, 0.15) is 22.8 Å². The van der Waals surface area contributed by atoms with E-state index < -0.39 is 0 Å². The van der Waals surface area contributed by atoms with Crippen molar-refractivity contribution in [1.29, 1.82) is 0 Å². The van der Waals surface area contributed by atoms with Gasteiger partial charge in [0.2, 0.25) is 5.91 Å². The van der Waals surface area contributed by atoms with Crippen LogP contribution in [0.25, 0.3) is 11.3 Å². The molecule has 120 valence electrons. The van der Waals surface area contributed by atoms with Crippen LogP contribution in [0.5, 0.6) is 0 Å². The maximum atomic E-state index is 12.3. The molecule has 0 saturated carbocycles. The second-order valence-corrected chi connectivity index (χ2v) is 6.44. The van der Waals surface area contributed by atoms with E-state index in [0.717, 1.165) is 33.9 Å². The highest BCUT2D eigenvalue weighted by atomic mass is 35.5. The average molecular weight is 338 g/mol. The highest BCUT2D eigenvalue weighted by molar-refractivity contribution is 6.33. The average Bonchev–Trinajstić information content (AvgIpc) is 3.15. The van der Waals surface area contributed by atoms with Gasteiger partial charge in [0.15, 0.2) is 0 Å². The molecule has 0 radical (unpaired) electrons. The van der Waals surface area contributed by atoms with Crippen molar-refractivity contribution < 1.29 is 9.21 Å². The van der Waals surface area contributed by atoms with Crippen molar-refractivity contribution >= 4 is 23.2 Å². The van der Waals surface area contributed by atoms with Gasteiger partial charge in [0.05, 0.1) is 10.9 Å². The number of furan rings is 1. The zero-order valence-corrected chi connectivity index (χ0v) is 13.9. The third-order valence-corrected chi connectivity index (χ3v) is 4.78. The molecule has 1 atom stereocenters. The Morgan fingerprint density at radius 1 is 1.08 bits per heavy atom. The van der Waals surface area contributed by atoms with Crippen LogP contribution < -0.4 is 5.32 Å². The summed E-state index contributed by atoms with van der Waals surface area (Å²) in [6.45, 7) is 2.00. The van der Waals surface area contributed by atoms with Crippen LogP contribution in [0.2, 0.25) is 5.02 Å². The Labute approximate surface area is 145 Å². The topological polar surface area (TPSA) is 42.2 Å². The van der Waals surface area contributed by atoms with E-state index in [4.69, 9.17) is 16.0 Å². The lowest BCUT2D eigenvalue weighted by Crippen LogP contribution is -2.14. The number of rotatable bonds is 3. The predicted molar refractivity (Wildman–Crippen MR) is 95.4 cm³/mol. The van der Waals surface area contributed by atoms with Gasteiger partial charge in [-0.1, -0.05) is 41.9 Å². The fourth-order valence-corrected chi connectivity index (χ4v) is 3.43. The molecule has 2 aromatic carbocycles. The minimum absolute atomic E-state index is 0.0231. The molecular weight excluding hydrogens is 322 g/mol. The highest BCUT2D eigenvalue weighted by Crippen LogP contribution is 2.38. The smallest absolute Gasteiger partial charge is 0.232 e. The van der Waals surface area contributed by atoms with Crippen LogP contribution >= 0.6 is 11.6 Å². The fraction of sp³-hybridized carbons (Fsp3) is 0.150. The number of fused-ring (bicyclic) bond motifs is 1. The van der Waals surface area contributed by atoms with Gasteiger partial charge in [-0.3, -0.25) is 4.79 Å². The van der Waals surface area contributed by atoms with Crippen LogP contribution in [-0.4, -0.2) is 5.91 Å². The molecule has 1 N–H and O–H groups in total. The van der Waals surface area contributed by atoms with E-state index in [2.05, 4.69) is 5.32 Å². The zero-order chi connectivity index (χ0) is 16.7. The lowest BCUT2D eigenvalue weighted by Gasteiger charge is -2.07. The van der Waals surface area contributed by atoms with Crippen molar-refractivity contribution in [2.45, 2.75) is 19.3 Å². The monoisotopic (exact) mass is 337 g/mol. The van der Waals surface area contributed by atoms with Gasteiger partial charge in [-0.2, -0.15) is 0 Å². The summed E-state index contributed by atoms with van der Waals surface area (Å²) < 4.78 is 5.94. The van der Waals surface area contributed by atoms with Gasteiger partial charge in [-0.05, 0) is 42.3 Å². The molecule has 0 spiro atoms. The molecule has 3 aromatic rings. The van der Waals surface area contributed by atoms with Gasteiger partial charge in [-0.15, -0.1) is 0 Å². The zero-order valence-electron chi connectivity index (χ0n) is 13.2. The fourth-order valence-electron chi connectivity index (χ4n) is 3.20. The lowest BCUT2D eigenvalue weighted by molar-refractivity contribution is -0.117. The minimum atomic E-state index is -0.217. The first-order valence-corrected chi connectivity index (χ1v) is 8.25. The second-order valence-electron chi connectivity index (χ2n) is 6.03. The molecule has 0 fully saturated rings. The summed E-state index contributed by atoms with van der Waals surface area (Å²) in [7, 11) is 0. The number of amides is 1. The van der Waals surface area contributed by atoms with Crippen LogP contribution in [0, 0.1) is 6.92 Å². The lowest BCUT2D eigenvalue weighted by atomic mass is 9.95. The summed E-state index contributed by atoms with van der Waals surface area (Å²) in [5.41, 5.74) is 3.91. The first-order chi connectivity index (χ1) is 11.6. The molecule has 24 heavy (non-hydrogen) atoms. The van der Waals surface area contributed by atoms with Crippen LogP contribution in [0.15, 0.2) is 59.0 Å². The molecule has 1 unspecified atom stereocenters. The number of benzene rings is 2. The molecular formula is C20H16ClNO2. The Morgan fingerprint density at radius 2 is 1.92 bits per heavy atom. The van der Waals surface area contributed by atoms with E-state index in [1.54, 1.807) is 0 Å². The summed E-state index contributed by atoms with van der Waals surface area (Å²) in [6.07, 6.45) is 0.534. The van der Waals surface area contributed by atoms with Crippen molar-refractivity contribution in [3.8, 4) is 11.3 Å². The van der Waals surface area contributed by atoms with Crippen molar-refractivity contribution in [1.82, 2.24) is 0 Å². The van der Waals surface area contributed by atoms with Gasteiger partial charge in [0.1, 0.15) is 11.5 Å². The Kier molecular flexibility index (Phi) is 3.66. The van der Waals surface area contributed by atoms with E-state index in [0.29, 0.717) is 11.4 Å². The molecule has 1 amide bonds. The standard InChI is InChI=1S/C20H16ClNO2/c1-12-5-4-7-14-16(20(23)22-19(12)14)11-13-9-10-18(24-13)15-6-2-3-8-17(15)21/h2-10,16H,11H2,1H3,(H,22,23). The number of hydrogen-bond donors (Lipinski definition) is 1. The SMILES string of the molecule is Cc1cccc2c1NC(=O)C2Cc1ccc(-c2ccccc2Cl)o1. The van der Waals surface area contributed by atoms with Gasteiger partial charge < -0.3 is 9.73 Å². The van der Waals surface area contributed by atoms with Gasteiger partial charge in [0, 0.05) is 17.7 Å². The molecule has 4 heteroatoms. The Balaban J connectivity index is 1.63. The van der Waals surface area contributed by atoms with E-state index >= 15 is 0 Å². The van der Waals surface area contributed by atoms with Crippen LogP contribution in [0.3, 0.4) is 0 Å². The van der Waals surface area contributed by atoms with E-state index in [9.17, 15) is 4.79 Å². The van der Waals surface area contributed by atoms with Crippen molar-refractivity contribution in [3.05, 3.63) is 76.5 Å². The first-order valence-electron chi connectivity index (χ1n) is 7.87. The predicted octanol–water partition coefficient (Wildman–Crippen LogP) is 5.19. The third kappa shape index (κ3) is 2.51. The number of carbonyl (C=O) groups excluding carboxylic acids is 1. The number of aryl methyl sites for hydroxylation is 1. The van der Waals surface area contributed by atoms with E-state index in [1.807, 2.05) is 61.5 Å². The Bertz CT molecular complexity index is 929. The molecule has 1 aliphatic heterocycles. The third-order valence-electron chi connectivity index (χ3n) is 4.45. The molecule has 0 bridgehead atoms. The van der Waals surface area contributed by atoms with Gasteiger partial charge in [0.25, 0.3) is 0 Å². The number of nitrogens with one attached hydrogen (secondary N) is 1. The first kappa shape index (κ1) is 15.0. The summed E-state index contributed by atoms with van der Waals surface area (Å²) in [5.74, 6) is 1.30. The number of hydrogen-bond acceptors (Lipinski definition) is 2. The molecule has 3 nitrogen and oxygen atoms in total. The molecule has 1 aliphatic rings. The highest BCUT2D eigenvalue weighted by Gasteiger charge is 2.32. The summed E-state index contributed by atoms with van der Waals surface area (Å²) in [4.78, 5) is 12.3. The molecule has 0 saturated heterocycles. The quantitative estimate of drug-likeness (QED) is 0.715. The van der Waals surface area contributed by atoms with Gasteiger partial charge in [-0.25, -0.2) is 0 Å². The Morgan fingerprint density at radius 3 is 2.75 bits per heavy atom. The maximum absolute atomic E-state index is 12.3. The number of para-hydroxylation sites is 1.